The highest BCUT2D eigenvalue weighted by molar-refractivity contribution is 5.89. The largest absolute Gasteiger partial charge is 0.480 e. The first kappa shape index (κ1) is 15.3. The van der Waals surface area contributed by atoms with E-state index in [-0.39, 0.29) is 18.4 Å². The normalized spacial score (nSPS) is 17.9. The van der Waals surface area contributed by atoms with Crippen LogP contribution in [0.25, 0.3) is 0 Å². The topological polar surface area (TPSA) is 66.4 Å². The van der Waals surface area contributed by atoms with Gasteiger partial charge in [-0.05, 0) is 18.4 Å². The van der Waals surface area contributed by atoms with Gasteiger partial charge in [0.1, 0.15) is 5.54 Å². The fourth-order valence-corrected chi connectivity index (χ4v) is 2.13. The first-order valence-corrected chi connectivity index (χ1v) is 6.41. The van der Waals surface area contributed by atoms with Crippen LogP contribution in [0.2, 0.25) is 0 Å². The highest BCUT2D eigenvalue weighted by Gasteiger charge is 2.52. The summed E-state index contributed by atoms with van der Waals surface area (Å²) in [7, 11) is 0. The highest BCUT2D eigenvalue weighted by Crippen LogP contribution is 2.39. The average Bonchev–Trinajstić information content (AvgIpc) is 3.16. The van der Waals surface area contributed by atoms with Crippen molar-refractivity contribution in [3.05, 3.63) is 35.9 Å². The number of hydrogen-bond acceptors (Lipinski definition) is 2. The van der Waals surface area contributed by atoms with Gasteiger partial charge in [0.05, 0.1) is 5.92 Å². The van der Waals surface area contributed by atoms with Crippen molar-refractivity contribution < 1.29 is 27.9 Å². The van der Waals surface area contributed by atoms with Crippen molar-refractivity contribution in [3.63, 3.8) is 0 Å². The second-order valence-corrected chi connectivity index (χ2v) is 5.14. The molecule has 4 nitrogen and oxygen atoms in total. The van der Waals surface area contributed by atoms with E-state index in [0.717, 1.165) is 0 Å². The second-order valence-electron chi connectivity index (χ2n) is 5.14. The molecule has 1 aromatic carbocycles. The minimum Gasteiger partial charge on any atom is -0.480 e. The number of halogens is 3. The molecule has 1 fully saturated rings. The van der Waals surface area contributed by atoms with Gasteiger partial charge in [0.2, 0.25) is 5.91 Å². The zero-order valence-electron chi connectivity index (χ0n) is 11.0. The third-order valence-electron chi connectivity index (χ3n) is 3.52. The van der Waals surface area contributed by atoms with E-state index in [2.05, 4.69) is 5.32 Å². The summed E-state index contributed by atoms with van der Waals surface area (Å²) in [4.78, 5) is 22.7. The predicted octanol–water partition coefficient (Wildman–Crippen LogP) is 2.46. The van der Waals surface area contributed by atoms with Gasteiger partial charge < -0.3 is 10.4 Å². The molecular weight excluding hydrogens is 287 g/mol. The molecule has 1 aromatic rings. The third-order valence-corrected chi connectivity index (χ3v) is 3.52. The number of benzene rings is 1. The van der Waals surface area contributed by atoms with E-state index >= 15 is 0 Å². The molecule has 2 rings (SSSR count). The number of carbonyl (C=O) groups is 2. The molecule has 7 heteroatoms. The maximum absolute atomic E-state index is 13.1. The zero-order valence-corrected chi connectivity index (χ0v) is 11.0. The molecule has 2 N–H and O–H groups in total. The van der Waals surface area contributed by atoms with E-state index in [4.69, 9.17) is 5.11 Å². The number of alkyl halides is 3. The van der Waals surface area contributed by atoms with Crippen molar-refractivity contribution in [1.82, 2.24) is 5.32 Å². The standard InChI is InChI=1S/C14H14F3NO3/c15-14(16,17)10(9-4-2-1-3-5-9)8-11(19)18-13(6-7-13)12(20)21/h1-5,10H,6-8H2,(H,18,19)(H,20,21). The molecule has 0 saturated heterocycles. The smallest absolute Gasteiger partial charge is 0.396 e. The molecule has 1 amide bonds. The van der Waals surface area contributed by atoms with E-state index < -0.39 is 35.9 Å². The Balaban J connectivity index is 2.10. The SMILES string of the molecule is O=C(CC(c1ccccc1)C(F)(F)F)NC1(C(=O)O)CC1. The Kier molecular flexibility index (Phi) is 3.93. The highest BCUT2D eigenvalue weighted by atomic mass is 19.4. The van der Waals surface area contributed by atoms with Crippen LogP contribution >= 0.6 is 0 Å². The van der Waals surface area contributed by atoms with E-state index in [1.807, 2.05) is 0 Å². The number of rotatable bonds is 5. The summed E-state index contributed by atoms with van der Waals surface area (Å²) in [5.41, 5.74) is -1.38. The van der Waals surface area contributed by atoms with Crippen LogP contribution in [0.15, 0.2) is 30.3 Å². The lowest BCUT2D eigenvalue weighted by molar-refractivity contribution is -0.158. The summed E-state index contributed by atoms with van der Waals surface area (Å²) in [6.45, 7) is 0. The van der Waals surface area contributed by atoms with Crippen molar-refractivity contribution in [3.8, 4) is 0 Å². The van der Waals surface area contributed by atoms with E-state index in [1.54, 1.807) is 6.07 Å². The molecule has 21 heavy (non-hydrogen) atoms. The Morgan fingerprint density at radius 1 is 1.24 bits per heavy atom. The Bertz CT molecular complexity index is 538. The number of carboxylic acid groups (broad SMARTS) is 1. The fraction of sp³-hybridized carbons (Fsp3) is 0.429. The first-order valence-electron chi connectivity index (χ1n) is 6.41. The van der Waals surface area contributed by atoms with Crippen LogP contribution in [0.5, 0.6) is 0 Å². The average molecular weight is 301 g/mol. The molecule has 1 saturated carbocycles. The van der Waals surface area contributed by atoms with Crippen molar-refractivity contribution in [1.29, 1.82) is 0 Å². The van der Waals surface area contributed by atoms with E-state index in [9.17, 15) is 22.8 Å². The van der Waals surface area contributed by atoms with Gasteiger partial charge in [-0.1, -0.05) is 30.3 Å². The van der Waals surface area contributed by atoms with Crippen LogP contribution in [0.3, 0.4) is 0 Å². The summed E-state index contributed by atoms with van der Waals surface area (Å²) in [6, 6.07) is 7.11. The zero-order chi connectivity index (χ0) is 15.7. The Morgan fingerprint density at radius 3 is 2.24 bits per heavy atom. The monoisotopic (exact) mass is 301 g/mol. The number of amides is 1. The summed E-state index contributed by atoms with van der Waals surface area (Å²) in [6.07, 6.45) is -4.90. The van der Waals surface area contributed by atoms with Gasteiger partial charge >= 0.3 is 12.1 Å². The van der Waals surface area contributed by atoms with Crippen LogP contribution < -0.4 is 5.32 Å². The van der Waals surface area contributed by atoms with Gasteiger partial charge in [-0.2, -0.15) is 13.2 Å². The van der Waals surface area contributed by atoms with Gasteiger partial charge in [0.25, 0.3) is 0 Å². The van der Waals surface area contributed by atoms with Crippen molar-refractivity contribution >= 4 is 11.9 Å². The lowest BCUT2D eigenvalue weighted by atomic mass is 9.94. The van der Waals surface area contributed by atoms with Crippen LogP contribution in [0.1, 0.15) is 30.7 Å². The third kappa shape index (κ3) is 3.53. The molecule has 0 spiro atoms. The minimum absolute atomic E-state index is 0.0136. The predicted molar refractivity (Wildman–Crippen MR) is 67.6 cm³/mol. The van der Waals surface area contributed by atoms with Crippen LogP contribution in [-0.4, -0.2) is 28.7 Å². The maximum atomic E-state index is 13.1. The van der Waals surface area contributed by atoms with Crippen LogP contribution in [-0.2, 0) is 9.59 Å². The number of carbonyl (C=O) groups excluding carboxylic acids is 1. The van der Waals surface area contributed by atoms with E-state index in [1.165, 1.54) is 24.3 Å². The van der Waals surface area contributed by atoms with Crippen LogP contribution in [0, 0.1) is 0 Å². The first-order chi connectivity index (χ1) is 9.74. The number of aliphatic carboxylic acids is 1. The molecular formula is C14H14F3NO3. The lowest BCUT2D eigenvalue weighted by Crippen LogP contribution is -2.44. The van der Waals surface area contributed by atoms with Gasteiger partial charge in [-0.15, -0.1) is 0 Å². The summed E-state index contributed by atoms with van der Waals surface area (Å²) >= 11 is 0. The van der Waals surface area contributed by atoms with Gasteiger partial charge in [-0.25, -0.2) is 4.79 Å². The number of carboxylic acids is 1. The summed E-state index contributed by atoms with van der Waals surface area (Å²) in [5.74, 6) is -4.05. The maximum Gasteiger partial charge on any atom is 0.396 e. The molecule has 1 aliphatic rings. The Hall–Kier alpha value is -2.05. The summed E-state index contributed by atoms with van der Waals surface area (Å²) < 4.78 is 39.2. The lowest BCUT2D eigenvalue weighted by Gasteiger charge is -2.21. The minimum atomic E-state index is -4.57. The number of hydrogen-bond donors (Lipinski definition) is 2. The number of nitrogens with one attached hydrogen (secondary N) is 1. The quantitative estimate of drug-likeness (QED) is 0.878. The molecule has 0 aliphatic heterocycles. The second kappa shape index (κ2) is 5.38. The van der Waals surface area contributed by atoms with Gasteiger partial charge in [0.15, 0.2) is 0 Å². The molecule has 1 atom stereocenters. The van der Waals surface area contributed by atoms with Crippen LogP contribution in [0.4, 0.5) is 13.2 Å². The van der Waals surface area contributed by atoms with Crippen molar-refractivity contribution in [2.75, 3.05) is 0 Å². The molecule has 1 aliphatic carbocycles. The van der Waals surface area contributed by atoms with Crippen molar-refractivity contribution in [2.45, 2.75) is 36.9 Å². The molecule has 1 unspecified atom stereocenters. The molecule has 114 valence electrons. The molecule has 0 radical (unpaired) electrons. The summed E-state index contributed by atoms with van der Waals surface area (Å²) in [5, 5.41) is 11.1. The van der Waals surface area contributed by atoms with Gasteiger partial charge in [0, 0.05) is 6.42 Å². The van der Waals surface area contributed by atoms with Crippen molar-refractivity contribution in [2.24, 2.45) is 0 Å². The molecule has 0 bridgehead atoms. The Labute approximate surface area is 119 Å². The Morgan fingerprint density at radius 2 is 1.81 bits per heavy atom. The molecule has 0 heterocycles. The molecule has 0 aromatic heterocycles. The van der Waals surface area contributed by atoms with Gasteiger partial charge in [-0.3, -0.25) is 4.79 Å². The van der Waals surface area contributed by atoms with E-state index in [0.29, 0.717) is 0 Å². The fourth-order valence-electron chi connectivity index (χ4n) is 2.13.